The van der Waals surface area contributed by atoms with Crippen molar-refractivity contribution in [3.63, 3.8) is 0 Å². The van der Waals surface area contributed by atoms with Crippen molar-refractivity contribution in [2.24, 2.45) is 5.73 Å². The standard InChI is InChI=1S/C17H31N3O/c1-5-8-15-11-14(13-18)12-17(19-15)20(9-10-21-4)16(6-2)7-3/h11-12,16H,5-10,13,18H2,1-4H3. The maximum Gasteiger partial charge on any atom is 0.129 e. The smallest absolute Gasteiger partial charge is 0.129 e. The van der Waals surface area contributed by atoms with Crippen LogP contribution in [0.25, 0.3) is 0 Å². The largest absolute Gasteiger partial charge is 0.383 e. The van der Waals surface area contributed by atoms with Gasteiger partial charge < -0.3 is 15.4 Å². The van der Waals surface area contributed by atoms with E-state index in [-0.39, 0.29) is 0 Å². The quantitative estimate of drug-likeness (QED) is 0.720. The predicted molar refractivity (Wildman–Crippen MR) is 89.7 cm³/mol. The van der Waals surface area contributed by atoms with Crippen LogP contribution in [0.4, 0.5) is 5.82 Å². The second-order valence-corrected chi connectivity index (χ2v) is 5.44. The number of nitrogens with two attached hydrogens (primary N) is 1. The van der Waals surface area contributed by atoms with E-state index in [1.807, 2.05) is 0 Å². The number of hydrogen-bond donors (Lipinski definition) is 1. The van der Waals surface area contributed by atoms with E-state index >= 15 is 0 Å². The van der Waals surface area contributed by atoms with Crippen LogP contribution in [-0.2, 0) is 17.7 Å². The number of hydrogen-bond acceptors (Lipinski definition) is 4. The zero-order chi connectivity index (χ0) is 15.7. The lowest BCUT2D eigenvalue weighted by molar-refractivity contribution is 0.202. The number of aromatic nitrogens is 1. The minimum Gasteiger partial charge on any atom is -0.383 e. The fourth-order valence-corrected chi connectivity index (χ4v) is 2.69. The second-order valence-electron chi connectivity index (χ2n) is 5.44. The molecule has 1 aromatic rings. The Morgan fingerprint density at radius 3 is 2.48 bits per heavy atom. The molecule has 2 N–H and O–H groups in total. The summed E-state index contributed by atoms with van der Waals surface area (Å²) in [7, 11) is 1.75. The average Bonchev–Trinajstić information content (AvgIpc) is 2.51. The van der Waals surface area contributed by atoms with Crippen LogP contribution in [0.2, 0.25) is 0 Å². The van der Waals surface area contributed by atoms with E-state index in [4.69, 9.17) is 15.5 Å². The van der Waals surface area contributed by atoms with Crippen LogP contribution >= 0.6 is 0 Å². The SMILES string of the molecule is CCCc1cc(CN)cc(N(CCOC)C(CC)CC)n1. The molecule has 0 aliphatic heterocycles. The summed E-state index contributed by atoms with van der Waals surface area (Å²) in [5, 5.41) is 0. The van der Waals surface area contributed by atoms with Gasteiger partial charge in [0.25, 0.3) is 0 Å². The molecule has 0 aromatic carbocycles. The highest BCUT2D eigenvalue weighted by molar-refractivity contribution is 5.44. The molecular formula is C17H31N3O. The van der Waals surface area contributed by atoms with Gasteiger partial charge in [0, 0.05) is 31.9 Å². The first-order valence-electron chi connectivity index (χ1n) is 8.15. The maximum atomic E-state index is 5.85. The van der Waals surface area contributed by atoms with Crippen LogP contribution in [0.1, 0.15) is 51.3 Å². The Hall–Kier alpha value is -1.13. The first-order valence-corrected chi connectivity index (χ1v) is 8.15. The van der Waals surface area contributed by atoms with Gasteiger partial charge in [0.15, 0.2) is 0 Å². The van der Waals surface area contributed by atoms with Crippen molar-refractivity contribution < 1.29 is 4.74 Å². The zero-order valence-corrected chi connectivity index (χ0v) is 14.1. The minimum atomic E-state index is 0.496. The lowest BCUT2D eigenvalue weighted by atomic mass is 10.1. The first kappa shape index (κ1) is 17.9. The van der Waals surface area contributed by atoms with E-state index < -0.39 is 0 Å². The Morgan fingerprint density at radius 2 is 1.95 bits per heavy atom. The molecule has 0 saturated carbocycles. The third kappa shape index (κ3) is 5.29. The van der Waals surface area contributed by atoms with Gasteiger partial charge in [0.2, 0.25) is 0 Å². The van der Waals surface area contributed by atoms with E-state index in [9.17, 15) is 0 Å². The minimum absolute atomic E-state index is 0.496. The van der Waals surface area contributed by atoms with Crippen molar-refractivity contribution in [1.82, 2.24) is 4.98 Å². The fourth-order valence-electron chi connectivity index (χ4n) is 2.69. The molecule has 0 radical (unpaired) electrons. The highest BCUT2D eigenvalue weighted by atomic mass is 16.5. The van der Waals surface area contributed by atoms with E-state index in [2.05, 4.69) is 37.8 Å². The van der Waals surface area contributed by atoms with Crippen molar-refractivity contribution in [2.75, 3.05) is 25.2 Å². The van der Waals surface area contributed by atoms with E-state index in [1.54, 1.807) is 7.11 Å². The molecule has 4 nitrogen and oxygen atoms in total. The predicted octanol–water partition coefficient (Wildman–Crippen LogP) is 3.13. The monoisotopic (exact) mass is 293 g/mol. The van der Waals surface area contributed by atoms with E-state index in [0.717, 1.165) is 49.3 Å². The molecule has 0 atom stereocenters. The van der Waals surface area contributed by atoms with E-state index in [1.165, 1.54) is 0 Å². The van der Waals surface area contributed by atoms with Gasteiger partial charge >= 0.3 is 0 Å². The van der Waals surface area contributed by atoms with Gasteiger partial charge in [-0.15, -0.1) is 0 Å². The first-order chi connectivity index (χ1) is 10.2. The third-order valence-corrected chi connectivity index (χ3v) is 3.88. The van der Waals surface area contributed by atoms with Crippen molar-refractivity contribution in [2.45, 2.75) is 59.0 Å². The molecule has 1 rings (SSSR count). The Balaban J connectivity index is 3.11. The summed E-state index contributed by atoms with van der Waals surface area (Å²) < 4.78 is 5.27. The van der Waals surface area contributed by atoms with Gasteiger partial charge in [-0.2, -0.15) is 0 Å². The number of rotatable bonds is 10. The molecule has 0 aliphatic rings. The Kier molecular flexibility index (Phi) is 8.31. The maximum absolute atomic E-state index is 5.85. The van der Waals surface area contributed by atoms with Crippen molar-refractivity contribution in [1.29, 1.82) is 0 Å². The molecule has 4 heteroatoms. The summed E-state index contributed by atoms with van der Waals surface area (Å²) in [5.41, 5.74) is 8.16. The van der Waals surface area contributed by atoms with Crippen LogP contribution < -0.4 is 10.6 Å². The fraction of sp³-hybridized carbons (Fsp3) is 0.706. The molecule has 0 spiro atoms. The highest BCUT2D eigenvalue weighted by Gasteiger charge is 2.17. The summed E-state index contributed by atoms with van der Waals surface area (Å²) in [6.07, 6.45) is 4.32. The van der Waals surface area contributed by atoms with Gasteiger partial charge in [0.05, 0.1) is 6.61 Å². The lowest BCUT2D eigenvalue weighted by Crippen LogP contribution is -2.38. The number of ether oxygens (including phenoxy) is 1. The van der Waals surface area contributed by atoms with Crippen LogP contribution in [0.15, 0.2) is 12.1 Å². The number of nitrogens with zero attached hydrogens (tertiary/aromatic N) is 2. The van der Waals surface area contributed by atoms with Crippen molar-refractivity contribution >= 4 is 5.82 Å². The molecule has 0 aliphatic carbocycles. The van der Waals surface area contributed by atoms with Crippen molar-refractivity contribution in [3.8, 4) is 0 Å². The zero-order valence-electron chi connectivity index (χ0n) is 14.1. The van der Waals surface area contributed by atoms with Gasteiger partial charge in [-0.3, -0.25) is 0 Å². The number of methoxy groups -OCH3 is 1. The Labute approximate surface area is 129 Å². The summed E-state index contributed by atoms with van der Waals surface area (Å²) >= 11 is 0. The average molecular weight is 293 g/mol. The Morgan fingerprint density at radius 1 is 1.24 bits per heavy atom. The number of aryl methyl sites for hydroxylation is 1. The lowest BCUT2D eigenvalue weighted by Gasteiger charge is -2.32. The van der Waals surface area contributed by atoms with Gasteiger partial charge in [-0.25, -0.2) is 4.98 Å². The molecule has 1 heterocycles. The van der Waals surface area contributed by atoms with Crippen LogP contribution in [0, 0.1) is 0 Å². The van der Waals surface area contributed by atoms with Crippen LogP contribution in [0.5, 0.6) is 0 Å². The van der Waals surface area contributed by atoms with Gasteiger partial charge in [0.1, 0.15) is 5.82 Å². The summed E-state index contributed by atoms with van der Waals surface area (Å²) in [6, 6.07) is 4.76. The molecule has 0 amide bonds. The number of anilines is 1. The molecule has 120 valence electrons. The van der Waals surface area contributed by atoms with Crippen LogP contribution in [0.3, 0.4) is 0 Å². The molecule has 0 unspecified atom stereocenters. The molecule has 1 aromatic heterocycles. The number of pyridine rings is 1. The van der Waals surface area contributed by atoms with Crippen molar-refractivity contribution in [3.05, 3.63) is 23.4 Å². The Bertz CT molecular complexity index is 405. The molecule has 0 fully saturated rings. The topological polar surface area (TPSA) is 51.4 Å². The summed E-state index contributed by atoms with van der Waals surface area (Å²) in [6.45, 7) is 8.79. The van der Waals surface area contributed by atoms with Gasteiger partial charge in [-0.05, 0) is 37.0 Å². The third-order valence-electron chi connectivity index (χ3n) is 3.88. The second kappa shape index (κ2) is 9.74. The molecule has 21 heavy (non-hydrogen) atoms. The summed E-state index contributed by atoms with van der Waals surface area (Å²) in [5.74, 6) is 1.05. The molecule has 0 saturated heterocycles. The molecular weight excluding hydrogens is 262 g/mol. The van der Waals surface area contributed by atoms with Crippen LogP contribution in [-0.4, -0.2) is 31.3 Å². The van der Waals surface area contributed by atoms with E-state index in [0.29, 0.717) is 19.2 Å². The normalized spacial score (nSPS) is 11.1. The molecule has 0 bridgehead atoms. The highest BCUT2D eigenvalue weighted by Crippen LogP contribution is 2.21. The summed E-state index contributed by atoms with van der Waals surface area (Å²) in [4.78, 5) is 7.23. The van der Waals surface area contributed by atoms with Gasteiger partial charge in [-0.1, -0.05) is 27.2 Å².